The Morgan fingerprint density at radius 3 is 2.51 bits per heavy atom. The fraction of sp³-hybridized carbons (Fsp3) is 0.500. The van der Waals surface area contributed by atoms with Crippen LogP contribution in [0.1, 0.15) is 113 Å². The number of hydrogen-bond donors (Lipinski definition) is 3. The van der Waals surface area contributed by atoms with Crippen LogP contribution in [-0.4, -0.2) is 106 Å². The smallest absolute Gasteiger partial charge is 0.312 e. The van der Waals surface area contributed by atoms with E-state index in [-0.39, 0.29) is 47.8 Å². The van der Waals surface area contributed by atoms with Gasteiger partial charge < -0.3 is 24.7 Å². The molecular weight excluding hydrogens is 919 g/mol. The molecule has 69 heavy (non-hydrogen) atoms. The number of fused-ring (bicyclic) bond motifs is 1. The maximum Gasteiger partial charge on any atom is 0.312 e. The summed E-state index contributed by atoms with van der Waals surface area (Å²) in [5.74, 6) is 0.764. The molecule has 4 aliphatic rings. The number of benzene rings is 2. The number of likely N-dealkylation sites (tertiary alicyclic amines) is 1. The van der Waals surface area contributed by atoms with Crippen molar-refractivity contribution in [1.82, 2.24) is 24.6 Å². The average Bonchev–Trinajstić information content (AvgIpc) is 4.03. The SMILES string of the molecule is CCS(=O)(CC)=NC1CC[C@H](CNc2ncc(S(=O)(=O)NC(=O)c3ccc(N4CCC5(CC4)CC(N4CCC[C@H]4c4ccccc4C(C)C)C5)cc3Oc3cnc4[nH]ccc4c3)cc2[N+](=O)[O-])OC1. The lowest BCUT2D eigenvalue weighted by Crippen LogP contribution is -2.54. The van der Waals surface area contributed by atoms with Gasteiger partial charge in [0.25, 0.3) is 15.9 Å². The third kappa shape index (κ3) is 10.5. The van der Waals surface area contributed by atoms with Gasteiger partial charge in [0, 0.05) is 82.4 Å². The van der Waals surface area contributed by atoms with Crippen LogP contribution in [0.15, 0.2) is 88.5 Å². The molecule has 1 unspecified atom stereocenters. The lowest BCUT2D eigenvalue weighted by atomic mass is 9.59. The minimum Gasteiger partial charge on any atom is -0.455 e. The Kier molecular flexibility index (Phi) is 14.0. The molecule has 1 saturated carbocycles. The molecule has 3 N–H and O–H groups in total. The van der Waals surface area contributed by atoms with Gasteiger partial charge in [-0.15, -0.1) is 0 Å². The molecule has 368 valence electrons. The number of carbonyl (C=O) groups excluding carboxylic acids is 1. The first kappa shape index (κ1) is 48.4. The highest BCUT2D eigenvalue weighted by molar-refractivity contribution is 7.93. The van der Waals surface area contributed by atoms with E-state index < -0.39 is 41.2 Å². The molecule has 2 aromatic carbocycles. The van der Waals surface area contributed by atoms with Crippen molar-refractivity contribution in [1.29, 1.82) is 0 Å². The van der Waals surface area contributed by atoms with Crippen LogP contribution in [0.2, 0.25) is 0 Å². The first-order valence-corrected chi connectivity index (χ1v) is 27.6. The lowest BCUT2D eigenvalue weighted by Gasteiger charge is -2.56. The summed E-state index contributed by atoms with van der Waals surface area (Å²) in [6, 6.07) is 19.4. The van der Waals surface area contributed by atoms with Crippen LogP contribution in [-0.2, 0) is 24.5 Å². The number of nitro groups is 1. The minimum atomic E-state index is -4.67. The zero-order chi connectivity index (χ0) is 48.5. The third-order valence-corrected chi connectivity index (χ3v) is 18.5. The van der Waals surface area contributed by atoms with Crippen molar-refractivity contribution in [2.45, 2.75) is 114 Å². The molecule has 19 heteroatoms. The Morgan fingerprint density at radius 1 is 1.00 bits per heavy atom. The van der Waals surface area contributed by atoms with Gasteiger partial charge in [0.15, 0.2) is 0 Å². The van der Waals surface area contributed by atoms with Crippen molar-refractivity contribution < 1.29 is 31.8 Å². The predicted molar refractivity (Wildman–Crippen MR) is 267 cm³/mol. The number of rotatable bonds is 16. The molecule has 3 saturated heterocycles. The second-order valence-corrected chi connectivity index (χ2v) is 23.9. The number of H-pyrrole nitrogens is 1. The lowest BCUT2D eigenvalue weighted by molar-refractivity contribution is -0.384. The molecule has 0 bridgehead atoms. The highest BCUT2D eigenvalue weighted by atomic mass is 32.2. The number of aromatic amines is 1. The topological polar surface area (TPSA) is 214 Å². The van der Waals surface area contributed by atoms with Gasteiger partial charge in [0.05, 0.1) is 41.6 Å². The molecule has 3 aromatic heterocycles. The third-order valence-electron chi connectivity index (χ3n) is 14.7. The first-order valence-electron chi connectivity index (χ1n) is 24.3. The number of nitrogens with zero attached hydrogens (tertiary/aromatic N) is 6. The van der Waals surface area contributed by atoms with Gasteiger partial charge in [0.1, 0.15) is 22.0 Å². The quantitative estimate of drug-likeness (QED) is 0.0623. The number of aromatic nitrogens is 3. The molecule has 1 aliphatic carbocycles. The van der Waals surface area contributed by atoms with E-state index in [1.165, 1.54) is 43.0 Å². The number of carbonyl (C=O) groups is 1. The van der Waals surface area contributed by atoms with Gasteiger partial charge in [-0.05, 0) is 105 Å². The summed E-state index contributed by atoms with van der Waals surface area (Å²) in [6.07, 6.45) is 12.0. The van der Waals surface area contributed by atoms with Gasteiger partial charge >= 0.3 is 5.69 Å². The number of sulfonamides is 1. The molecule has 3 aliphatic heterocycles. The largest absolute Gasteiger partial charge is 0.455 e. The van der Waals surface area contributed by atoms with E-state index >= 15 is 0 Å². The van der Waals surface area contributed by atoms with Crippen LogP contribution < -0.4 is 19.7 Å². The van der Waals surface area contributed by atoms with Crippen LogP contribution in [0.25, 0.3) is 11.0 Å². The molecular formula is C50H63N9O8S2. The van der Waals surface area contributed by atoms with Crippen molar-refractivity contribution in [2.75, 3.05) is 54.5 Å². The number of ether oxygens (including phenoxy) is 2. The van der Waals surface area contributed by atoms with Crippen molar-refractivity contribution in [2.24, 2.45) is 9.78 Å². The van der Waals surface area contributed by atoms with Gasteiger partial charge in [-0.3, -0.25) is 19.8 Å². The molecule has 0 radical (unpaired) electrons. The summed E-state index contributed by atoms with van der Waals surface area (Å²) >= 11 is 0. The molecule has 1 amide bonds. The molecule has 17 nitrogen and oxygen atoms in total. The average molecular weight is 982 g/mol. The normalized spacial score (nSPS) is 21.1. The van der Waals surface area contributed by atoms with Crippen molar-refractivity contribution >= 4 is 53.9 Å². The van der Waals surface area contributed by atoms with Crippen LogP contribution in [0.4, 0.5) is 17.2 Å². The van der Waals surface area contributed by atoms with Crippen LogP contribution in [0, 0.1) is 15.5 Å². The monoisotopic (exact) mass is 981 g/mol. The second-order valence-electron chi connectivity index (χ2n) is 19.4. The van der Waals surface area contributed by atoms with Crippen molar-refractivity contribution in [3.63, 3.8) is 0 Å². The van der Waals surface area contributed by atoms with E-state index in [1.54, 1.807) is 30.5 Å². The zero-order valence-electron chi connectivity index (χ0n) is 39.8. The molecule has 5 aromatic rings. The van der Waals surface area contributed by atoms with Gasteiger partial charge in [-0.1, -0.05) is 52.0 Å². The van der Waals surface area contributed by atoms with E-state index in [1.807, 2.05) is 19.9 Å². The maximum absolute atomic E-state index is 14.0. The molecule has 1 spiro atoms. The van der Waals surface area contributed by atoms with E-state index in [2.05, 4.69) is 77.3 Å². The van der Waals surface area contributed by atoms with Gasteiger partial charge in [-0.25, -0.2) is 31.7 Å². The summed E-state index contributed by atoms with van der Waals surface area (Å²) in [6.45, 7) is 11.5. The number of piperidine rings is 1. The number of pyridine rings is 2. The predicted octanol–water partition coefficient (Wildman–Crippen LogP) is 8.95. The molecule has 9 rings (SSSR count). The highest BCUT2D eigenvalue weighted by Crippen LogP contribution is 2.54. The summed E-state index contributed by atoms with van der Waals surface area (Å²) < 4.78 is 59.3. The Hall–Kier alpha value is -5.63. The first-order chi connectivity index (χ1) is 33.1. The minimum absolute atomic E-state index is 0.0546. The summed E-state index contributed by atoms with van der Waals surface area (Å²) in [5, 5.41) is 15.9. The van der Waals surface area contributed by atoms with Crippen molar-refractivity contribution in [3.8, 4) is 11.5 Å². The number of anilines is 2. The van der Waals surface area contributed by atoms with E-state index in [0.717, 1.165) is 55.8 Å². The Labute approximate surface area is 404 Å². The van der Waals surface area contributed by atoms with Crippen LogP contribution >= 0.6 is 0 Å². The fourth-order valence-corrected chi connectivity index (χ4v) is 13.1. The maximum atomic E-state index is 14.0. The fourth-order valence-electron chi connectivity index (χ4n) is 10.8. The van der Waals surface area contributed by atoms with Crippen LogP contribution in [0.5, 0.6) is 11.5 Å². The van der Waals surface area contributed by atoms with Gasteiger partial charge in [0.2, 0.25) is 5.82 Å². The Balaban J connectivity index is 0.874. The van der Waals surface area contributed by atoms with Gasteiger partial charge in [-0.2, -0.15) is 0 Å². The molecule has 4 fully saturated rings. The Bertz CT molecular complexity index is 2920. The van der Waals surface area contributed by atoms with E-state index in [4.69, 9.17) is 9.47 Å². The number of amides is 1. The summed E-state index contributed by atoms with van der Waals surface area (Å²) in [7, 11) is -6.94. The van der Waals surface area contributed by atoms with E-state index in [9.17, 15) is 27.5 Å². The standard InChI is InChI=1S/C50H63N9O8S2/c1-5-68(63,6-2)55-35-13-15-38(66-32-35)29-53-48-45(59(61)62)26-40(31-54-48)69(64,65)56-49(60)43-16-14-36(25-46(43)67-39-24-34-17-20-51-47(34)52-30-39)57-22-18-50(19-23-57)27-37(28-50)58-21-9-12-44(58)42-11-8-7-10-41(42)33(3)4/h7-8,10-11,14,16-17,20,24-26,30-31,33,35,37-38,44H,5-6,9,12-13,15,18-19,21-23,27-29,32H2,1-4H3,(H,51,52)(H,53,54)(H,56,60)/t35?,38-,44+/m1/s1. The van der Waals surface area contributed by atoms with Crippen molar-refractivity contribution in [3.05, 3.63) is 106 Å². The zero-order valence-corrected chi connectivity index (χ0v) is 41.4. The molecule has 6 heterocycles. The summed E-state index contributed by atoms with van der Waals surface area (Å²) in [4.78, 5) is 41.6. The van der Waals surface area contributed by atoms with E-state index in [0.29, 0.717) is 53.7 Å². The number of hydrogen-bond acceptors (Lipinski definition) is 14. The molecule has 3 atom stereocenters. The highest BCUT2D eigenvalue weighted by Gasteiger charge is 2.50. The summed E-state index contributed by atoms with van der Waals surface area (Å²) in [5.41, 5.74) is 4.09. The van der Waals surface area contributed by atoms with Crippen LogP contribution in [0.3, 0.4) is 0 Å². The second kappa shape index (κ2) is 20.0. The Morgan fingerprint density at radius 2 is 1.78 bits per heavy atom. The number of nitrogens with one attached hydrogen (secondary N) is 3.